The van der Waals surface area contributed by atoms with Gasteiger partial charge in [-0.1, -0.05) is 0 Å². The topological polar surface area (TPSA) is 47.0 Å². The van der Waals surface area contributed by atoms with E-state index in [-0.39, 0.29) is 24.0 Å². The second kappa shape index (κ2) is 10.2. The van der Waals surface area contributed by atoms with Gasteiger partial charge in [0.25, 0.3) is 0 Å². The number of nitrogens with one attached hydrogen (secondary N) is 1. The van der Waals surface area contributed by atoms with Gasteiger partial charge >= 0.3 is 0 Å². The van der Waals surface area contributed by atoms with Crippen molar-refractivity contribution < 1.29 is 0 Å². The van der Waals surface area contributed by atoms with E-state index in [1.165, 1.54) is 69.1 Å². The van der Waals surface area contributed by atoms with Gasteiger partial charge in [-0.3, -0.25) is 9.89 Å². The number of aromatic nitrogens is 1. The first-order valence-corrected chi connectivity index (χ1v) is 11.1. The molecule has 4 rings (SSSR count). The number of thiazole rings is 1. The number of aliphatic imine (C=N–C) groups is 1. The SMILES string of the molecule is CN=C(NCCc1csc(N2CCCC2)n1)N1CCC(N2CCCC2)C1.I. The van der Waals surface area contributed by atoms with Crippen molar-refractivity contribution in [3.05, 3.63) is 11.1 Å². The quantitative estimate of drug-likeness (QED) is 0.380. The molecule has 4 heterocycles. The molecule has 1 N–H and O–H groups in total. The van der Waals surface area contributed by atoms with Crippen molar-refractivity contribution in [3.8, 4) is 0 Å². The van der Waals surface area contributed by atoms with Crippen LogP contribution in [0, 0.1) is 0 Å². The lowest BCUT2D eigenvalue weighted by Gasteiger charge is -2.25. The molecule has 0 bridgehead atoms. The summed E-state index contributed by atoms with van der Waals surface area (Å²) < 4.78 is 0. The Hall–Kier alpha value is -0.610. The lowest BCUT2D eigenvalue weighted by molar-refractivity contribution is 0.249. The highest BCUT2D eigenvalue weighted by Crippen LogP contribution is 2.24. The molecule has 3 aliphatic heterocycles. The maximum Gasteiger partial charge on any atom is 0.193 e. The lowest BCUT2D eigenvalue weighted by atomic mass is 10.2. The van der Waals surface area contributed by atoms with Gasteiger partial charge in [-0.05, 0) is 45.2 Å². The van der Waals surface area contributed by atoms with E-state index in [0.717, 1.165) is 38.1 Å². The van der Waals surface area contributed by atoms with Crippen molar-refractivity contribution in [3.63, 3.8) is 0 Å². The molecular weight excluding hydrogens is 471 g/mol. The number of likely N-dealkylation sites (tertiary alicyclic amines) is 2. The van der Waals surface area contributed by atoms with E-state index in [4.69, 9.17) is 4.98 Å². The summed E-state index contributed by atoms with van der Waals surface area (Å²) in [6.45, 7) is 8.06. The van der Waals surface area contributed by atoms with E-state index in [0.29, 0.717) is 0 Å². The summed E-state index contributed by atoms with van der Waals surface area (Å²) in [6.07, 6.45) is 7.59. The van der Waals surface area contributed by atoms with Crippen LogP contribution in [0.1, 0.15) is 37.8 Å². The van der Waals surface area contributed by atoms with Crippen LogP contribution in [0.25, 0.3) is 0 Å². The summed E-state index contributed by atoms with van der Waals surface area (Å²) in [5, 5.41) is 6.98. The summed E-state index contributed by atoms with van der Waals surface area (Å²) in [5.41, 5.74) is 1.20. The lowest BCUT2D eigenvalue weighted by Crippen LogP contribution is -2.43. The Kier molecular flexibility index (Phi) is 8.01. The third-order valence-electron chi connectivity index (χ3n) is 5.91. The summed E-state index contributed by atoms with van der Waals surface area (Å²) in [7, 11) is 1.90. The predicted octanol–water partition coefficient (Wildman–Crippen LogP) is 2.65. The van der Waals surface area contributed by atoms with Gasteiger partial charge in [-0.2, -0.15) is 0 Å². The second-order valence-corrected chi connectivity index (χ2v) is 8.51. The molecule has 8 heteroatoms. The summed E-state index contributed by atoms with van der Waals surface area (Å²) in [6, 6.07) is 0.720. The van der Waals surface area contributed by atoms with Crippen LogP contribution < -0.4 is 10.2 Å². The van der Waals surface area contributed by atoms with Crippen molar-refractivity contribution in [2.45, 2.75) is 44.6 Å². The average molecular weight is 504 g/mol. The molecule has 3 aliphatic rings. The van der Waals surface area contributed by atoms with Crippen LogP contribution in [-0.2, 0) is 6.42 Å². The number of anilines is 1. The van der Waals surface area contributed by atoms with Gasteiger partial charge in [-0.25, -0.2) is 4.98 Å². The average Bonchev–Trinajstić information content (AvgIpc) is 3.45. The number of hydrogen-bond acceptors (Lipinski definition) is 5. The third-order valence-corrected chi connectivity index (χ3v) is 6.86. The molecule has 6 nitrogen and oxygen atoms in total. The molecule has 0 aliphatic carbocycles. The molecule has 1 aromatic rings. The number of halogens is 1. The second-order valence-electron chi connectivity index (χ2n) is 7.67. The number of rotatable bonds is 5. The van der Waals surface area contributed by atoms with Gasteiger partial charge in [0.1, 0.15) is 0 Å². The van der Waals surface area contributed by atoms with Crippen molar-refractivity contribution in [2.24, 2.45) is 4.99 Å². The molecule has 27 heavy (non-hydrogen) atoms. The Labute approximate surface area is 184 Å². The van der Waals surface area contributed by atoms with E-state index in [1.54, 1.807) is 11.3 Å². The number of guanidine groups is 1. The van der Waals surface area contributed by atoms with Crippen LogP contribution in [-0.4, -0.2) is 79.6 Å². The summed E-state index contributed by atoms with van der Waals surface area (Å²) >= 11 is 1.79. The van der Waals surface area contributed by atoms with Crippen LogP contribution in [0.15, 0.2) is 10.4 Å². The van der Waals surface area contributed by atoms with E-state index in [2.05, 4.69) is 30.4 Å². The zero-order chi connectivity index (χ0) is 17.8. The van der Waals surface area contributed by atoms with Crippen molar-refractivity contribution in [2.75, 3.05) is 57.8 Å². The Bertz CT molecular complexity index is 609. The minimum absolute atomic E-state index is 0. The number of hydrogen-bond donors (Lipinski definition) is 1. The molecule has 0 radical (unpaired) electrons. The maximum absolute atomic E-state index is 4.82. The van der Waals surface area contributed by atoms with Gasteiger partial charge in [0.2, 0.25) is 0 Å². The standard InChI is InChI=1S/C19H32N6S.HI/c1-20-18(25-13-7-17(14-25)23-9-2-3-10-23)21-8-6-16-15-26-19(22-16)24-11-4-5-12-24;/h15,17H,2-14H2,1H3,(H,20,21);1H. The zero-order valence-electron chi connectivity index (χ0n) is 16.4. The normalized spacial score (nSPS) is 23.9. The van der Waals surface area contributed by atoms with Crippen LogP contribution in [0.3, 0.4) is 0 Å². The van der Waals surface area contributed by atoms with E-state index in [1.807, 2.05) is 7.05 Å². The minimum atomic E-state index is 0. The van der Waals surface area contributed by atoms with Gasteiger partial charge in [0.05, 0.1) is 5.69 Å². The molecule has 3 saturated heterocycles. The highest BCUT2D eigenvalue weighted by molar-refractivity contribution is 14.0. The van der Waals surface area contributed by atoms with E-state index in [9.17, 15) is 0 Å². The maximum atomic E-state index is 4.82. The summed E-state index contributed by atoms with van der Waals surface area (Å²) in [5.74, 6) is 1.06. The fourth-order valence-corrected chi connectivity index (χ4v) is 5.35. The molecule has 152 valence electrons. The van der Waals surface area contributed by atoms with Crippen LogP contribution >= 0.6 is 35.3 Å². The molecular formula is C19H33IN6S. The van der Waals surface area contributed by atoms with Gasteiger partial charge in [-0.15, -0.1) is 35.3 Å². The molecule has 3 fully saturated rings. The first-order chi connectivity index (χ1) is 12.8. The smallest absolute Gasteiger partial charge is 0.193 e. The molecule has 0 saturated carbocycles. The number of nitrogens with zero attached hydrogens (tertiary/aromatic N) is 5. The Morgan fingerprint density at radius 2 is 1.93 bits per heavy atom. The van der Waals surface area contributed by atoms with Crippen molar-refractivity contribution >= 4 is 46.4 Å². The highest BCUT2D eigenvalue weighted by Gasteiger charge is 2.30. The van der Waals surface area contributed by atoms with Crippen LogP contribution in [0.5, 0.6) is 0 Å². The molecule has 1 atom stereocenters. The molecule has 1 aromatic heterocycles. The fourth-order valence-electron chi connectivity index (χ4n) is 4.44. The van der Waals surface area contributed by atoms with Gasteiger partial charge in [0, 0.05) is 57.6 Å². The molecule has 0 spiro atoms. The first kappa shape index (κ1) is 21.1. The molecule has 0 amide bonds. The van der Waals surface area contributed by atoms with Crippen LogP contribution in [0.4, 0.5) is 5.13 Å². The van der Waals surface area contributed by atoms with Gasteiger partial charge in [0.15, 0.2) is 11.1 Å². The fraction of sp³-hybridized carbons (Fsp3) is 0.789. The Morgan fingerprint density at radius 1 is 1.19 bits per heavy atom. The Balaban J connectivity index is 0.00000210. The largest absolute Gasteiger partial charge is 0.356 e. The predicted molar refractivity (Wildman–Crippen MR) is 125 cm³/mol. The van der Waals surface area contributed by atoms with Gasteiger partial charge < -0.3 is 15.1 Å². The minimum Gasteiger partial charge on any atom is -0.356 e. The Morgan fingerprint density at radius 3 is 2.67 bits per heavy atom. The molecule has 0 aromatic carbocycles. The van der Waals surface area contributed by atoms with Crippen molar-refractivity contribution in [1.82, 2.24) is 20.1 Å². The first-order valence-electron chi connectivity index (χ1n) is 10.2. The van der Waals surface area contributed by atoms with E-state index >= 15 is 0 Å². The summed E-state index contributed by atoms with van der Waals surface area (Å²) in [4.78, 5) is 16.9. The van der Waals surface area contributed by atoms with E-state index < -0.39 is 0 Å². The zero-order valence-corrected chi connectivity index (χ0v) is 19.5. The third kappa shape index (κ3) is 5.26. The monoisotopic (exact) mass is 504 g/mol. The van der Waals surface area contributed by atoms with Crippen molar-refractivity contribution in [1.29, 1.82) is 0 Å². The van der Waals surface area contributed by atoms with Crippen LogP contribution in [0.2, 0.25) is 0 Å². The highest BCUT2D eigenvalue weighted by atomic mass is 127. The molecule has 1 unspecified atom stereocenters.